The second kappa shape index (κ2) is 11.2. The number of carbonyl (C=O) groups excluding carboxylic acids is 1. The van der Waals surface area contributed by atoms with Crippen LogP contribution in [0.15, 0.2) is 69.9 Å². The van der Waals surface area contributed by atoms with E-state index in [4.69, 9.17) is 18.3 Å². The van der Waals surface area contributed by atoms with Crippen LogP contribution in [0, 0.1) is 0 Å². The van der Waals surface area contributed by atoms with Crippen LogP contribution in [0.5, 0.6) is 5.75 Å². The molecule has 4 rings (SSSR count). The van der Waals surface area contributed by atoms with Crippen LogP contribution in [-0.4, -0.2) is 21.9 Å². The molecule has 0 aliphatic rings. The van der Waals surface area contributed by atoms with Gasteiger partial charge in [0.25, 0.3) is 0 Å². The molecule has 7 nitrogen and oxygen atoms in total. The molecule has 0 fully saturated rings. The van der Waals surface area contributed by atoms with Crippen LogP contribution < -0.4 is 9.46 Å². The molecule has 36 heavy (non-hydrogen) atoms. The van der Waals surface area contributed by atoms with Crippen LogP contribution in [0.2, 0.25) is 0 Å². The second-order valence-electron chi connectivity index (χ2n) is 9.36. The molecule has 0 aliphatic heterocycles. The summed E-state index contributed by atoms with van der Waals surface area (Å²) in [6, 6.07) is 15.3. The molecule has 0 amide bonds. The lowest BCUT2D eigenvalue weighted by atomic mass is 10.0. The highest BCUT2D eigenvalue weighted by atomic mass is 32.2. The molecule has 1 atom stereocenters. The van der Waals surface area contributed by atoms with Crippen LogP contribution in [-0.2, 0) is 40.5 Å². The molecule has 0 spiro atoms. The Morgan fingerprint density at radius 3 is 2.69 bits per heavy atom. The van der Waals surface area contributed by atoms with E-state index < -0.39 is 11.4 Å². The first-order chi connectivity index (χ1) is 17.2. The Morgan fingerprint density at radius 2 is 1.92 bits per heavy atom. The molecule has 2 aromatic carbocycles. The molecule has 1 unspecified atom stereocenters. The minimum Gasteiger partial charge on any atom is -0.598 e. The van der Waals surface area contributed by atoms with Crippen molar-refractivity contribution in [3.63, 3.8) is 0 Å². The van der Waals surface area contributed by atoms with Crippen LogP contribution in [0.4, 0.5) is 0 Å². The summed E-state index contributed by atoms with van der Waals surface area (Å²) in [6.07, 6.45) is 3.48. The molecule has 2 aromatic heterocycles. The van der Waals surface area contributed by atoms with Gasteiger partial charge < -0.3 is 22.9 Å². The summed E-state index contributed by atoms with van der Waals surface area (Å²) in [5, 5.41) is 0.945. The SMILES string of the molecule is CCOC(=O)Cc1ccccc1OCc1cc(-c2coc(CN[S+]([O-])C(C)(C)C)c2)c2occc2c1. The van der Waals surface area contributed by atoms with Crippen molar-refractivity contribution in [1.29, 1.82) is 0 Å². The van der Waals surface area contributed by atoms with Crippen molar-refractivity contribution in [3.8, 4) is 16.9 Å². The molecular weight excluding hydrogens is 478 g/mol. The number of carbonyl (C=O) groups is 1. The van der Waals surface area contributed by atoms with Gasteiger partial charge in [-0.2, -0.15) is 0 Å². The molecule has 2 heterocycles. The quantitative estimate of drug-likeness (QED) is 0.209. The van der Waals surface area contributed by atoms with Gasteiger partial charge >= 0.3 is 5.97 Å². The monoisotopic (exact) mass is 509 g/mol. The van der Waals surface area contributed by atoms with Gasteiger partial charge in [-0.05, 0) is 63.6 Å². The molecular formula is C28H31NO6S. The van der Waals surface area contributed by atoms with E-state index in [2.05, 4.69) is 4.72 Å². The van der Waals surface area contributed by atoms with Crippen molar-refractivity contribution in [2.75, 3.05) is 6.61 Å². The number of benzene rings is 2. The Bertz CT molecular complexity index is 1320. The Labute approximate surface area is 214 Å². The average molecular weight is 510 g/mol. The van der Waals surface area contributed by atoms with E-state index in [0.717, 1.165) is 33.2 Å². The van der Waals surface area contributed by atoms with Gasteiger partial charge in [0.05, 0.1) is 32.1 Å². The Hall–Kier alpha value is -3.20. The predicted octanol–water partition coefficient (Wildman–Crippen LogP) is 5.93. The zero-order valence-corrected chi connectivity index (χ0v) is 21.8. The largest absolute Gasteiger partial charge is 0.598 e. The third kappa shape index (κ3) is 6.32. The molecule has 8 heteroatoms. The predicted molar refractivity (Wildman–Crippen MR) is 140 cm³/mol. The van der Waals surface area contributed by atoms with Crippen molar-refractivity contribution in [1.82, 2.24) is 4.72 Å². The second-order valence-corrected chi connectivity index (χ2v) is 11.4. The van der Waals surface area contributed by atoms with Crippen molar-refractivity contribution in [2.45, 2.75) is 52.0 Å². The number of hydrogen-bond acceptors (Lipinski definition) is 7. The van der Waals surface area contributed by atoms with Crippen LogP contribution >= 0.6 is 0 Å². The minimum atomic E-state index is -1.19. The summed E-state index contributed by atoms with van der Waals surface area (Å²) >= 11 is -1.19. The van der Waals surface area contributed by atoms with Crippen molar-refractivity contribution in [2.24, 2.45) is 0 Å². The fourth-order valence-electron chi connectivity index (χ4n) is 3.73. The minimum absolute atomic E-state index is 0.155. The molecule has 4 aromatic rings. The van der Waals surface area contributed by atoms with E-state index in [9.17, 15) is 9.35 Å². The number of rotatable bonds is 10. The van der Waals surface area contributed by atoms with Crippen LogP contribution in [0.25, 0.3) is 22.1 Å². The van der Waals surface area contributed by atoms with Gasteiger partial charge in [0.1, 0.15) is 28.4 Å². The topological polar surface area (TPSA) is 96.9 Å². The molecule has 0 radical (unpaired) electrons. The first-order valence-corrected chi connectivity index (χ1v) is 13.0. The number of fused-ring (bicyclic) bond motifs is 1. The summed E-state index contributed by atoms with van der Waals surface area (Å²) in [5.41, 5.74) is 4.21. The summed E-state index contributed by atoms with van der Waals surface area (Å²) in [5.74, 6) is 1.03. The molecule has 190 valence electrons. The smallest absolute Gasteiger partial charge is 0.310 e. The maximum absolute atomic E-state index is 12.3. The molecule has 1 N–H and O–H groups in total. The lowest BCUT2D eigenvalue weighted by molar-refractivity contribution is -0.142. The number of furan rings is 2. The number of para-hydroxylation sites is 1. The Balaban J connectivity index is 1.52. The van der Waals surface area contributed by atoms with E-state index in [1.54, 1.807) is 19.5 Å². The van der Waals surface area contributed by atoms with E-state index in [-0.39, 0.29) is 17.1 Å². The van der Waals surface area contributed by atoms with E-state index >= 15 is 0 Å². The number of ether oxygens (including phenoxy) is 2. The zero-order valence-electron chi connectivity index (χ0n) is 21.0. The van der Waals surface area contributed by atoms with Gasteiger partial charge in [0.15, 0.2) is 0 Å². The highest BCUT2D eigenvalue weighted by Gasteiger charge is 2.26. The molecule has 0 saturated heterocycles. The number of nitrogens with one attached hydrogen (secondary N) is 1. The summed E-state index contributed by atoms with van der Waals surface area (Å²) < 4.78 is 37.7. The lowest BCUT2D eigenvalue weighted by Gasteiger charge is -2.23. The van der Waals surface area contributed by atoms with Gasteiger partial charge in [-0.15, -0.1) is 4.72 Å². The Morgan fingerprint density at radius 1 is 1.11 bits per heavy atom. The van der Waals surface area contributed by atoms with Gasteiger partial charge in [0.2, 0.25) is 0 Å². The maximum Gasteiger partial charge on any atom is 0.310 e. The van der Waals surface area contributed by atoms with Crippen LogP contribution in [0.1, 0.15) is 44.6 Å². The van der Waals surface area contributed by atoms with Crippen molar-refractivity contribution < 1.29 is 27.7 Å². The number of esters is 1. The Kier molecular flexibility index (Phi) is 8.08. The van der Waals surface area contributed by atoms with Crippen molar-refractivity contribution in [3.05, 3.63) is 77.9 Å². The third-order valence-electron chi connectivity index (χ3n) is 5.52. The van der Waals surface area contributed by atoms with E-state index in [1.807, 2.05) is 69.3 Å². The molecule has 0 aliphatic carbocycles. The van der Waals surface area contributed by atoms with Crippen LogP contribution in [0.3, 0.4) is 0 Å². The first kappa shape index (κ1) is 25.9. The van der Waals surface area contributed by atoms with Gasteiger partial charge in [-0.3, -0.25) is 4.79 Å². The standard InChI is InChI=1S/C28H31NO6S/c1-5-32-26(30)15-20-8-6-7-9-25(20)35-17-19-12-21-10-11-33-27(21)24(13-19)22-14-23(34-18-22)16-29-36(31)28(2,3)4/h6-14,18,29H,5,15-17H2,1-4H3. The first-order valence-electron chi connectivity index (χ1n) is 11.8. The number of hydrogen-bond donors (Lipinski definition) is 1. The summed E-state index contributed by atoms with van der Waals surface area (Å²) in [4.78, 5) is 12.0. The fourth-order valence-corrected chi connectivity index (χ4v) is 4.44. The lowest BCUT2D eigenvalue weighted by Crippen LogP contribution is -2.38. The zero-order chi connectivity index (χ0) is 25.7. The highest BCUT2D eigenvalue weighted by Crippen LogP contribution is 2.33. The van der Waals surface area contributed by atoms with Gasteiger partial charge in [0, 0.05) is 33.4 Å². The van der Waals surface area contributed by atoms with Gasteiger partial charge in [-0.1, -0.05) is 18.2 Å². The van der Waals surface area contributed by atoms with Crippen molar-refractivity contribution >= 4 is 28.3 Å². The average Bonchev–Trinajstić information content (AvgIpc) is 3.50. The third-order valence-corrected chi connectivity index (χ3v) is 7.04. The highest BCUT2D eigenvalue weighted by molar-refractivity contribution is 7.90. The summed E-state index contributed by atoms with van der Waals surface area (Å²) in [7, 11) is 0. The summed E-state index contributed by atoms with van der Waals surface area (Å²) in [6.45, 7) is 8.54. The van der Waals surface area contributed by atoms with E-state index in [0.29, 0.717) is 31.3 Å². The maximum atomic E-state index is 12.3. The normalized spacial score (nSPS) is 12.6. The molecule has 0 saturated carbocycles. The van der Waals surface area contributed by atoms with E-state index in [1.165, 1.54) is 0 Å². The fraction of sp³-hybridized carbons (Fsp3) is 0.321. The van der Waals surface area contributed by atoms with Gasteiger partial charge in [-0.25, -0.2) is 0 Å². The molecule has 0 bridgehead atoms.